The molecule has 2 aromatic carbocycles. The lowest BCUT2D eigenvalue weighted by Gasteiger charge is -2.19. The van der Waals surface area contributed by atoms with Gasteiger partial charge in [0.05, 0.1) is 25.0 Å². The first kappa shape index (κ1) is 20.6. The summed E-state index contributed by atoms with van der Waals surface area (Å²) in [7, 11) is 1.58. The fourth-order valence-electron chi connectivity index (χ4n) is 3.44. The van der Waals surface area contributed by atoms with E-state index < -0.39 is 0 Å². The number of nitrogens with one attached hydrogen (secondary N) is 1. The van der Waals surface area contributed by atoms with Gasteiger partial charge in [-0.1, -0.05) is 63.2 Å². The Morgan fingerprint density at radius 2 is 1.71 bits per heavy atom. The number of carbonyl (C=O) groups excluding carboxylic acids is 1. The summed E-state index contributed by atoms with van der Waals surface area (Å²) in [6.45, 7) is 6.85. The molecule has 0 radical (unpaired) electrons. The first-order valence-electron chi connectivity index (χ1n) is 10.2. The van der Waals surface area contributed by atoms with Crippen LogP contribution in [0.1, 0.15) is 42.4 Å². The fourth-order valence-corrected chi connectivity index (χ4v) is 3.44. The van der Waals surface area contributed by atoms with Gasteiger partial charge in [0, 0.05) is 17.2 Å². The molecular weight excluding hydrogens is 388 g/mol. The summed E-state index contributed by atoms with van der Waals surface area (Å²) >= 11 is 0. The van der Waals surface area contributed by atoms with Crippen molar-refractivity contribution in [3.05, 3.63) is 83.6 Å². The van der Waals surface area contributed by atoms with Gasteiger partial charge in [-0.2, -0.15) is 0 Å². The van der Waals surface area contributed by atoms with Gasteiger partial charge in [-0.05, 0) is 29.2 Å². The van der Waals surface area contributed by atoms with Gasteiger partial charge in [-0.3, -0.25) is 4.79 Å². The summed E-state index contributed by atoms with van der Waals surface area (Å²) in [5.74, 6) is 0.336. The van der Waals surface area contributed by atoms with Crippen LogP contribution in [0.2, 0.25) is 0 Å². The number of benzene rings is 2. The second-order valence-electron chi connectivity index (χ2n) is 8.43. The number of methoxy groups -OCH3 is 1. The molecule has 0 saturated heterocycles. The van der Waals surface area contributed by atoms with Gasteiger partial charge < -0.3 is 10.1 Å². The normalized spacial score (nSPS) is 11.5. The summed E-state index contributed by atoms with van der Waals surface area (Å²) in [6.07, 6.45) is 0. The van der Waals surface area contributed by atoms with E-state index in [4.69, 9.17) is 9.72 Å². The van der Waals surface area contributed by atoms with E-state index in [1.165, 1.54) is 5.56 Å². The van der Waals surface area contributed by atoms with Gasteiger partial charge in [0.2, 0.25) is 5.88 Å². The molecule has 4 rings (SSSR count). The third kappa shape index (κ3) is 4.28. The van der Waals surface area contributed by atoms with Crippen molar-refractivity contribution < 1.29 is 9.53 Å². The predicted molar refractivity (Wildman–Crippen MR) is 121 cm³/mol. The molecule has 0 spiro atoms. The Bertz CT molecular complexity index is 1210. The number of ether oxygens (including phenoxy) is 1. The predicted octanol–water partition coefficient (Wildman–Crippen LogP) is 4.63. The van der Waals surface area contributed by atoms with E-state index >= 15 is 0 Å². The van der Waals surface area contributed by atoms with Gasteiger partial charge >= 0.3 is 0 Å². The van der Waals surface area contributed by atoms with Crippen molar-refractivity contribution >= 4 is 11.6 Å². The molecule has 6 nitrogen and oxygen atoms in total. The monoisotopic (exact) mass is 414 g/mol. The van der Waals surface area contributed by atoms with E-state index in [0.717, 1.165) is 17.0 Å². The van der Waals surface area contributed by atoms with Gasteiger partial charge in [0.1, 0.15) is 0 Å². The topological polar surface area (TPSA) is 68.5 Å². The fraction of sp³-hybridized carbons (Fsp3) is 0.240. The molecular formula is C25H26N4O2. The lowest BCUT2D eigenvalue weighted by atomic mass is 9.86. The minimum atomic E-state index is -0.146. The zero-order valence-electron chi connectivity index (χ0n) is 18.2. The maximum Gasteiger partial charge on any atom is 0.251 e. The third-order valence-corrected chi connectivity index (χ3v) is 5.23. The van der Waals surface area contributed by atoms with Gasteiger partial charge in [0.25, 0.3) is 5.91 Å². The maximum atomic E-state index is 12.6. The molecule has 0 atom stereocenters. The molecule has 2 heterocycles. The lowest BCUT2D eigenvalue weighted by molar-refractivity contribution is 0.0950. The molecule has 0 saturated carbocycles. The zero-order chi connectivity index (χ0) is 22.0. The van der Waals surface area contributed by atoms with Crippen molar-refractivity contribution in [3.8, 4) is 17.1 Å². The highest BCUT2D eigenvalue weighted by molar-refractivity contribution is 5.94. The standard InChI is InChI=1S/C25H26N4O2/c1-25(2,3)19-12-10-17(11-13-19)23-20(16-26-24(30)18-8-6-5-7-9-18)29-21(27-23)14-15-22(28-29)31-4/h5-15H,16H2,1-4H3,(H,26,30). The van der Waals surface area contributed by atoms with Gasteiger partial charge in [-0.15, -0.1) is 5.10 Å². The summed E-state index contributed by atoms with van der Waals surface area (Å²) in [4.78, 5) is 17.4. The molecule has 6 heteroatoms. The average Bonchev–Trinajstić information content (AvgIpc) is 3.15. The van der Waals surface area contributed by atoms with Crippen LogP contribution < -0.4 is 10.1 Å². The molecule has 4 aromatic rings. The first-order chi connectivity index (χ1) is 14.9. The van der Waals surface area contributed by atoms with E-state index in [0.29, 0.717) is 17.1 Å². The van der Waals surface area contributed by atoms with Crippen LogP contribution in [0, 0.1) is 0 Å². The Labute approximate surface area is 181 Å². The number of hydrogen-bond acceptors (Lipinski definition) is 4. The number of rotatable bonds is 5. The highest BCUT2D eigenvalue weighted by Crippen LogP contribution is 2.28. The lowest BCUT2D eigenvalue weighted by Crippen LogP contribution is -2.24. The second kappa shape index (κ2) is 8.22. The van der Waals surface area contributed by atoms with Crippen LogP contribution in [-0.2, 0) is 12.0 Å². The number of nitrogens with zero attached hydrogens (tertiary/aromatic N) is 3. The quantitative estimate of drug-likeness (QED) is 0.517. The molecule has 0 unspecified atom stereocenters. The van der Waals surface area contributed by atoms with E-state index in [9.17, 15) is 4.79 Å². The number of hydrogen-bond donors (Lipinski definition) is 1. The Morgan fingerprint density at radius 3 is 2.35 bits per heavy atom. The van der Waals surface area contributed by atoms with Crippen LogP contribution in [0.15, 0.2) is 66.7 Å². The van der Waals surface area contributed by atoms with E-state index in [1.807, 2.05) is 24.3 Å². The van der Waals surface area contributed by atoms with Crippen LogP contribution in [0.3, 0.4) is 0 Å². The van der Waals surface area contributed by atoms with E-state index in [1.54, 1.807) is 29.8 Å². The number of amides is 1. The van der Waals surface area contributed by atoms with Crippen LogP contribution in [0.25, 0.3) is 16.9 Å². The molecule has 1 N–H and O–H groups in total. The van der Waals surface area contributed by atoms with Crippen LogP contribution >= 0.6 is 0 Å². The van der Waals surface area contributed by atoms with Crippen molar-refractivity contribution in [2.45, 2.75) is 32.7 Å². The Morgan fingerprint density at radius 1 is 1.00 bits per heavy atom. The largest absolute Gasteiger partial charge is 0.480 e. The number of aromatic nitrogens is 3. The molecule has 0 bridgehead atoms. The van der Waals surface area contributed by atoms with Crippen LogP contribution in [0.5, 0.6) is 5.88 Å². The summed E-state index contributed by atoms with van der Waals surface area (Å²) in [5, 5.41) is 7.52. The number of carbonyl (C=O) groups is 1. The van der Waals surface area contributed by atoms with Crippen molar-refractivity contribution in [2.24, 2.45) is 0 Å². The molecule has 0 aliphatic heterocycles. The Kier molecular flexibility index (Phi) is 5.46. The molecule has 158 valence electrons. The summed E-state index contributed by atoms with van der Waals surface area (Å²) in [6, 6.07) is 21.2. The highest BCUT2D eigenvalue weighted by atomic mass is 16.5. The van der Waals surface area contributed by atoms with Crippen molar-refractivity contribution in [1.82, 2.24) is 19.9 Å². The second-order valence-corrected chi connectivity index (χ2v) is 8.43. The molecule has 2 aromatic heterocycles. The zero-order valence-corrected chi connectivity index (χ0v) is 18.2. The molecule has 1 amide bonds. The van der Waals surface area contributed by atoms with Crippen LogP contribution in [-0.4, -0.2) is 27.6 Å². The van der Waals surface area contributed by atoms with Gasteiger partial charge in [0.15, 0.2) is 5.65 Å². The van der Waals surface area contributed by atoms with Crippen molar-refractivity contribution in [2.75, 3.05) is 7.11 Å². The smallest absolute Gasteiger partial charge is 0.251 e. The summed E-state index contributed by atoms with van der Waals surface area (Å²) < 4.78 is 7.03. The minimum absolute atomic E-state index is 0.0683. The maximum absolute atomic E-state index is 12.6. The molecule has 0 aliphatic rings. The third-order valence-electron chi connectivity index (χ3n) is 5.23. The van der Waals surface area contributed by atoms with Crippen molar-refractivity contribution in [1.29, 1.82) is 0 Å². The first-order valence-corrected chi connectivity index (χ1v) is 10.2. The van der Waals surface area contributed by atoms with Crippen LogP contribution in [0.4, 0.5) is 0 Å². The summed E-state index contributed by atoms with van der Waals surface area (Å²) in [5.41, 5.74) is 5.17. The minimum Gasteiger partial charge on any atom is -0.480 e. The molecule has 0 fully saturated rings. The number of fused-ring (bicyclic) bond motifs is 1. The Hall–Kier alpha value is -3.67. The molecule has 0 aliphatic carbocycles. The highest BCUT2D eigenvalue weighted by Gasteiger charge is 2.19. The average molecular weight is 415 g/mol. The van der Waals surface area contributed by atoms with Crippen molar-refractivity contribution in [3.63, 3.8) is 0 Å². The van der Waals surface area contributed by atoms with Gasteiger partial charge in [-0.25, -0.2) is 9.50 Å². The van der Waals surface area contributed by atoms with E-state index in [2.05, 4.69) is 55.5 Å². The van der Waals surface area contributed by atoms with E-state index in [-0.39, 0.29) is 17.9 Å². The Balaban J connectivity index is 1.73. The number of imidazole rings is 1. The SMILES string of the molecule is COc1ccc2nc(-c3ccc(C(C)(C)C)cc3)c(CNC(=O)c3ccccc3)n2n1. The molecule has 31 heavy (non-hydrogen) atoms.